The zero-order chi connectivity index (χ0) is 6.69. The molecular formula is C6H5NO2. The van der Waals surface area contributed by atoms with E-state index >= 15 is 0 Å². The van der Waals surface area contributed by atoms with Crippen molar-refractivity contribution in [2.45, 2.75) is 0 Å². The quantitative estimate of drug-likeness (QED) is 0.419. The number of para-hydroxylation sites is 1. The van der Waals surface area contributed by atoms with E-state index < -0.39 is 4.92 Å². The Balaban J connectivity index is 2.98. The van der Waals surface area contributed by atoms with Crippen molar-refractivity contribution < 1.29 is 4.92 Å². The second kappa shape index (κ2) is 2.26. The Morgan fingerprint density at radius 2 is 1.78 bits per heavy atom. The Kier molecular flexibility index (Phi) is 1.44. The van der Waals surface area contributed by atoms with Crippen molar-refractivity contribution in [1.82, 2.24) is 0 Å². The largest absolute Gasteiger partial charge is 0.269 e. The highest BCUT2D eigenvalue weighted by Crippen LogP contribution is 2.06. The van der Waals surface area contributed by atoms with Gasteiger partial charge in [-0.25, -0.2) is 0 Å². The highest BCUT2D eigenvalue weighted by molar-refractivity contribution is 5.27. The van der Waals surface area contributed by atoms with Gasteiger partial charge in [0.15, 0.2) is 0 Å². The molecule has 3 nitrogen and oxygen atoms in total. The average Bonchev–Trinajstić information content (AvgIpc) is 1.90. The first-order chi connectivity index (χ1) is 4.30. The van der Waals surface area contributed by atoms with Crippen molar-refractivity contribution in [2.24, 2.45) is 0 Å². The molecule has 0 unspecified atom stereocenters. The summed E-state index contributed by atoms with van der Waals surface area (Å²) in [4.78, 5) is 9.59. The number of benzene rings is 1. The molecule has 0 atom stereocenters. The van der Waals surface area contributed by atoms with Gasteiger partial charge in [0.2, 0.25) is 0 Å². The zero-order valence-corrected chi connectivity index (χ0v) is 4.65. The van der Waals surface area contributed by atoms with Gasteiger partial charge in [0.1, 0.15) is 0 Å². The van der Waals surface area contributed by atoms with E-state index in [4.69, 9.17) is 0 Å². The number of rotatable bonds is 1. The number of hydrogen-bond acceptors (Lipinski definition) is 2. The van der Waals surface area contributed by atoms with E-state index in [1.807, 2.05) is 0 Å². The van der Waals surface area contributed by atoms with Crippen molar-refractivity contribution in [2.75, 3.05) is 0 Å². The number of nitro benzene ring substituents is 1. The normalized spacial score (nSPS) is 8.89. The maximum absolute atomic E-state index is 10.0. The van der Waals surface area contributed by atoms with E-state index in [9.17, 15) is 10.1 Å². The molecule has 0 aliphatic carbocycles. The second-order valence-electron chi connectivity index (χ2n) is 1.59. The van der Waals surface area contributed by atoms with Crippen molar-refractivity contribution in [3.63, 3.8) is 0 Å². The van der Waals surface area contributed by atoms with Crippen LogP contribution in [0.2, 0.25) is 0 Å². The van der Waals surface area contributed by atoms with Gasteiger partial charge < -0.3 is 0 Å². The number of non-ortho nitro benzene ring substituents is 1. The molecule has 1 aromatic carbocycles. The Hall–Kier alpha value is -1.38. The van der Waals surface area contributed by atoms with E-state index in [-0.39, 0.29) is 5.69 Å². The van der Waals surface area contributed by atoms with E-state index in [0.29, 0.717) is 0 Å². The van der Waals surface area contributed by atoms with Gasteiger partial charge in [-0.15, -0.1) is 0 Å². The lowest BCUT2D eigenvalue weighted by Gasteiger charge is -1.85. The third-order valence-corrected chi connectivity index (χ3v) is 0.967. The smallest absolute Gasteiger partial charge is 0.258 e. The first-order valence-corrected chi connectivity index (χ1v) is 2.50. The van der Waals surface area contributed by atoms with E-state index in [0.717, 1.165) is 0 Å². The van der Waals surface area contributed by atoms with Crippen LogP contribution in [-0.4, -0.2) is 4.92 Å². The molecule has 3 heteroatoms. The van der Waals surface area contributed by atoms with Gasteiger partial charge >= 0.3 is 0 Å². The molecule has 0 aromatic heterocycles. The summed E-state index contributed by atoms with van der Waals surface area (Å²) < 4.78 is 0. The van der Waals surface area contributed by atoms with E-state index in [2.05, 4.69) is 0 Å². The van der Waals surface area contributed by atoms with Crippen molar-refractivity contribution in [1.29, 1.82) is 0 Å². The van der Waals surface area contributed by atoms with Crippen LogP contribution in [0.15, 0.2) is 30.3 Å². The van der Waals surface area contributed by atoms with Crippen LogP contribution in [0, 0.1) is 10.1 Å². The summed E-state index contributed by atoms with van der Waals surface area (Å²) in [5, 5.41) is 10.0. The molecule has 0 saturated carbocycles. The van der Waals surface area contributed by atoms with Crippen LogP contribution in [-0.2, 0) is 0 Å². The lowest BCUT2D eigenvalue weighted by Crippen LogP contribution is -1.84. The fraction of sp³-hybridized carbons (Fsp3) is 0. The highest BCUT2D eigenvalue weighted by atomic mass is 16.6. The maximum atomic E-state index is 10.0. The van der Waals surface area contributed by atoms with Crippen LogP contribution in [0.4, 0.5) is 5.69 Å². The van der Waals surface area contributed by atoms with Crippen LogP contribution in [0.1, 0.15) is 0 Å². The molecule has 1 aromatic rings. The molecule has 0 saturated heterocycles. The molecule has 0 N–H and O–H groups in total. The van der Waals surface area contributed by atoms with Crippen molar-refractivity contribution in [3.8, 4) is 0 Å². The molecular weight excluding hydrogens is 117 g/mol. The summed E-state index contributed by atoms with van der Waals surface area (Å²) in [5.41, 5.74) is 0.137. The molecule has 0 heterocycles. The van der Waals surface area contributed by atoms with Gasteiger partial charge in [-0.1, -0.05) is 18.2 Å². The Labute approximate surface area is 52.1 Å². The summed E-state index contributed by atoms with van der Waals surface area (Å²) in [7, 11) is 0. The van der Waals surface area contributed by atoms with Crippen molar-refractivity contribution in [3.05, 3.63) is 40.4 Å². The van der Waals surface area contributed by atoms with Crippen LogP contribution >= 0.6 is 0 Å². The fourth-order valence-electron chi connectivity index (χ4n) is 0.550. The predicted molar refractivity (Wildman–Crippen MR) is 33.1 cm³/mol. The lowest BCUT2D eigenvalue weighted by atomic mass is 9.93. The van der Waals surface area contributed by atoms with E-state index in [1.165, 1.54) is 12.1 Å². The summed E-state index contributed by atoms with van der Waals surface area (Å²) in [6.07, 6.45) is 0. The van der Waals surface area contributed by atoms with E-state index in [1.54, 1.807) is 18.2 Å². The van der Waals surface area contributed by atoms with Gasteiger partial charge in [0.05, 0.1) is 4.92 Å². The summed E-state index contributed by atoms with van der Waals surface area (Å²) in [5.74, 6) is 0. The fourth-order valence-corrected chi connectivity index (χ4v) is 0.550. The minimum absolute atomic E-state index is 0.137. The van der Waals surface area contributed by atoms with Crippen LogP contribution < -0.4 is 0 Å². The predicted octanol–water partition coefficient (Wildman–Crippen LogP) is 1.59. The monoisotopic (exact) mass is 122 g/mol. The lowest BCUT2D eigenvalue weighted by molar-refractivity contribution is -0.384. The zero-order valence-electron chi connectivity index (χ0n) is 4.65. The molecule has 0 radical (unpaired) electrons. The Bertz CT molecular complexity index is 208. The molecule has 1 rings (SSSR count). The third-order valence-electron chi connectivity index (χ3n) is 0.967. The summed E-state index contributed by atoms with van der Waals surface area (Å²) >= 11 is 0. The first-order valence-electron chi connectivity index (χ1n) is 2.50. The van der Waals surface area contributed by atoms with Gasteiger partial charge in [-0.3, -0.25) is 10.1 Å². The second-order valence-corrected chi connectivity index (χ2v) is 1.59. The highest BCUT2D eigenvalue weighted by Gasteiger charge is 1.98. The molecule has 0 aliphatic rings. The standard InChI is InChI=1S/C6H5NO2/c8-7(9)6-4-2-1-3-5-6/h1-5H/i6-1. The first kappa shape index (κ1) is 5.75. The summed E-state index contributed by atoms with van der Waals surface area (Å²) in [6, 6.07) is 7.93. The van der Waals surface area contributed by atoms with Crippen LogP contribution in [0.3, 0.4) is 0 Å². The number of hydrogen-bond donors (Lipinski definition) is 0. The van der Waals surface area contributed by atoms with Gasteiger partial charge in [0.25, 0.3) is 5.69 Å². The van der Waals surface area contributed by atoms with Crippen LogP contribution in [0.25, 0.3) is 0 Å². The minimum atomic E-state index is -0.417. The maximum Gasteiger partial charge on any atom is 0.269 e. The Morgan fingerprint density at radius 1 is 1.22 bits per heavy atom. The molecule has 0 fully saturated rings. The van der Waals surface area contributed by atoms with Crippen LogP contribution in [0.5, 0.6) is 0 Å². The average molecular weight is 122 g/mol. The van der Waals surface area contributed by atoms with Gasteiger partial charge in [-0.05, 0) is 0 Å². The third kappa shape index (κ3) is 1.25. The number of nitrogens with zero attached hydrogens (tertiary/aromatic N) is 1. The molecule has 9 heavy (non-hydrogen) atoms. The van der Waals surface area contributed by atoms with Crippen molar-refractivity contribution >= 4 is 5.69 Å². The summed E-state index contributed by atoms with van der Waals surface area (Å²) in [6.45, 7) is 0. The molecule has 0 spiro atoms. The number of nitro groups is 1. The van der Waals surface area contributed by atoms with Gasteiger partial charge in [0, 0.05) is 12.1 Å². The van der Waals surface area contributed by atoms with Gasteiger partial charge in [-0.2, -0.15) is 0 Å². The molecule has 0 amide bonds. The minimum Gasteiger partial charge on any atom is -0.258 e. The molecule has 0 aliphatic heterocycles. The SMILES string of the molecule is O=[N+]([O-])[11c]1ccccc1. The molecule has 0 bridgehead atoms. The molecule has 46 valence electrons. The Morgan fingerprint density at radius 3 is 2.11 bits per heavy atom. The topological polar surface area (TPSA) is 43.1 Å².